The zero-order valence-corrected chi connectivity index (χ0v) is 36.2. The molecule has 1 aliphatic carbocycles. The molecule has 7 rings (SSSR count). The normalized spacial score (nSPS) is 14.9. The highest BCUT2D eigenvalue weighted by Gasteiger charge is 2.31. The van der Waals surface area contributed by atoms with Crippen molar-refractivity contribution in [2.24, 2.45) is 0 Å². The number of benzene rings is 6. The maximum Gasteiger partial charge on any atom is 0.123 e. The van der Waals surface area contributed by atoms with Crippen LogP contribution < -0.4 is 0 Å². The van der Waals surface area contributed by atoms with Crippen molar-refractivity contribution in [3.8, 4) is 23.0 Å². The molecule has 0 aromatic heterocycles. The predicted molar refractivity (Wildman–Crippen MR) is 247 cm³/mol. The fraction of sp³-hybridized carbons (Fsp3) is 0.357. The first-order chi connectivity index (χ1) is 29.2. The quantitative estimate of drug-likeness (QED) is 0.0883. The molecule has 0 spiro atoms. The van der Waals surface area contributed by atoms with Crippen LogP contribution in [0, 0.1) is 0 Å². The maximum absolute atomic E-state index is 12.7. The summed E-state index contributed by atoms with van der Waals surface area (Å²) in [4.78, 5) is 0. The smallest absolute Gasteiger partial charge is 0.123 e. The van der Waals surface area contributed by atoms with Crippen LogP contribution in [0.2, 0.25) is 0 Å². The molecule has 0 fully saturated rings. The first-order valence-corrected chi connectivity index (χ1v) is 22.7. The van der Waals surface area contributed by atoms with Crippen LogP contribution in [-0.4, -0.2) is 20.4 Å². The van der Waals surface area contributed by atoms with E-state index in [0.29, 0.717) is 12.8 Å². The second-order valence-electron chi connectivity index (χ2n) is 17.2. The molecule has 0 heterocycles. The molecule has 0 aliphatic heterocycles. The molecule has 0 saturated heterocycles. The Morgan fingerprint density at radius 2 is 0.617 bits per heavy atom. The molecule has 4 N–H and O–H groups in total. The summed E-state index contributed by atoms with van der Waals surface area (Å²) in [6.45, 7) is 8.80. The van der Waals surface area contributed by atoms with E-state index in [4.69, 9.17) is 0 Å². The van der Waals surface area contributed by atoms with Crippen molar-refractivity contribution in [1.29, 1.82) is 0 Å². The van der Waals surface area contributed by atoms with Gasteiger partial charge in [0.25, 0.3) is 0 Å². The molecule has 6 aromatic carbocycles. The molecule has 0 saturated carbocycles. The minimum atomic E-state index is -0.470. The Balaban J connectivity index is 1.61. The molecule has 0 radical (unpaired) electrons. The van der Waals surface area contributed by atoms with Crippen molar-refractivity contribution in [3.05, 3.63) is 187 Å². The summed E-state index contributed by atoms with van der Waals surface area (Å²) in [6, 6.07) is 37.6. The van der Waals surface area contributed by atoms with E-state index in [0.717, 1.165) is 155 Å². The molecule has 312 valence electrons. The zero-order chi connectivity index (χ0) is 42.2. The van der Waals surface area contributed by atoms with Crippen LogP contribution in [0.25, 0.3) is 0 Å². The van der Waals surface area contributed by atoms with Crippen molar-refractivity contribution in [1.82, 2.24) is 0 Å². The molecule has 6 aromatic rings. The van der Waals surface area contributed by atoms with Gasteiger partial charge in [-0.3, -0.25) is 0 Å². The third-order valence-corrected chi connectivity index (χ3v) is 12.7. The predicted octanol–water partition coefficient (Wildman–Crippen LogP) is 13.7. The van der Waals surface area contributed by atoms with Gasteiger partial charge < -0.3 is 20.4 Å². The van der Waals surface area contributed by atoms with Gasteiger partial charge in [0.05, 0.1) is 0 Å². The van der Waals surface area contributed by atoms with Crippen LogP contribution in [-0.2, 0) is 38.5 Å². The van der Waals surface area contributed by atoms with Gasteiger partial charge >= 0.3 is 0 Å². The average molecular weight is 801 g/mol. The van der Waals surface area contributed by atoms with Crippen LogP contribution in [0.1, 0.15) is 169 Å². The van der Waals surface area contributed by atoms with Crippen molar-refractivity contribution in [2.75, 3.05) is 0 Å². The Hall–Kier alpha value is -5.48. The van der Waals surface area contributed by atoms with Crippen LogP contribution in [0.15, 0.2) is 109 Å². The molecule has 4 heteroatoms. The zero-order valence-electron chi connectivity index (χ0n) is 36.2. The number of phenolic OH excluding ortho intramolecular Hbond substituents is 4. The first-order valence-electron chi connectivity index (χ1n) is 22.7. The SMILES string of the molecule is CCCCc1cc2c(O)c(c1)C(c1ccccc1)c1cc(CCCC)cc(c1O)Cc1cc(CCCC)cc(c1O)C(c1ccccc1)c1cc(CCCC)cc(c1O)C2. The summed E-state index contributed by atoms with van der Waals surface area (Å²) in [5, 5.41) is 50.7. The number of unbranched alkanes of at least 4 members (excludes halogenated alkanes) is 4. The van der Waals surface area contributed by atoms with Gasteiger partial charge in [0.2, 0.25) is 0 Å². The van der Waals surface area contributed by atoms with Gasteiger partial charge in [-0.25, -0.2) is 0 Å². The van der Waals surface area contributed by atoms with Crippen molar-refractivity contribution >= 4 is 0 Å². The Bertz CT molecular complexity index is 2080. The molecule has 8 bridgehead atoms. The summed E-state index contributed by atoms with van der Waals surface area (Å²) in [6.07, 6.45) is 12.2. The van der Waals surface area contributed by atoms with E-state index in [1.165, 1.54) is 0 Å². The van der Waals surface area contributed by atoms with Gasteiger partial charge in [0.1, 0.15) is 23.0 Å². The Morgan fingerprint density at radius 3 is 0.850 bits per heavy atom. The number of rotatable bonds is 14. The molecule has 0 amide bonds. The molecule has 60 heavy (non-hydrogen) atoms. The van der Waals surface area contributed by atoms with E-state index < -0.39 is 11.8 Å². The van der Waals surface area contributed by atoms with E-state index >= 15 is 0 Å². The first kappa shape index (κ1) is 42.6. The van der Waals surface area contributed by atoms with Crippen LogP contribution >= 0.6 is 0 Å². The lowest BCUT2D eigenvalue weighted by Gasteiger charge is -2.27. The van der Waals surface area contributed by atoms with E-state index in [-0.39, 0.29) is 23.0 Å². The van der Waals surface area contributed by atoms with E-state index in [1.54, 1.807) is 0 Å². The molecular weight excluding hydrogens is 737 g/mol. The average Bonchev–Trinajstić information content (AvgIpc) is 3.26. The number of hydrogen-bond acceptors (Lipinski definition) is 4. The van der Waals surface area contributed by atoms with Crippen molar-refractivity contribution in [3.63, 3.8) is 0 Å². The number of aryl methyl sites for hydroxylation is 4. The summed E-state index contributed by atoms with van der Waals surface area (Å²) in [5.41, 5.74) is 12.5. The largest absolute Gasteiger partial charge is 0.507 e. The number of aromatic hydroxyl groups is 4. The highest BCUT2D eigenvalue weighted by Crippen LogP contribution is 2.49. The number of phenols is 4. The molecule has 1 aliphatic rings. The fourth-order valence-electron chi connectivity index (χ4n) is 9.42. The lowest BCUT2D eigenvalue weighted by atomic mass is 9.78. The highest BCUT2D eigenvalue weighted by atomic mass is 16.3. The van der Waals surface area contributed by atoms with Crippen LogP contribution in [0.5, 0.6) is 23.0 Å². The molecule has 4 nitrogen and oxygen atoms in total. The summed E-state index contributed by atoms with van der Waals surface area (Å²) in [5.74, 6) is -0.166. The van der Waals surface area contributed by atoms with Crippen LogP contribution in [0.3, 0.4) is 0 Å². The van der Waals surface area contributed by atoms with Gasteiger partial charge in [-0.1, -0.05) is 163 Å². The lowest BCUT2D eigenvalue weighted by molar-refractivity contribution is 0.445. The van der Waals surface area contributed by atoms with E-state index in [1.807, 2.05) is 36.4 Å². The van der Waals surface area contributed by atoms with Gasteiger partial charge in [0.15, 0.2) is 0 Å². The Morgan fingerprint density at radius 1 is 0.367 bits per heavy atom. The van der Waals surface area contributed by atoms with Gasteiger partial charge in [-0.15, -0.1) is 0 Å². The summed E-state index contributed by atoms with van der Waals surface area (Å²) < 4.78 is 0. The maximum atomic E-state index is 12.7. The topological polar surface area (TPSA) is 80.9 Å². The summed E-state index contributed by atoms with van der Waals surface area (Å²) in [7, 11) is 0. The third-order valence-electron chi connectivity index (χ3n) is 12.7. The minimum absolute atomic E-state index is 0.194. The Kier molecular flexibility index (Phi) is 14.0. The van der Waals surface area contributed by atoms with Gasteiger partial charge in [-0.2, -0.15) is 0 Å². The van der Waals surface area contributed by atoms with Gasteiger partial charge in [0, 0.05) is 46.9 Å². The van der Waals surface area contributed by atoms with Crippen LogP contribution in [0.4, 0.5) is 0 Å². The second kappa shape index (κ2) is 19.7. The van der Waals surface area contributed by atoms with E-state index in [9.17, 15) is 20.4 Å². The molecular formula is C56H64O4. The monoisotopic (exact) mass is 800 g/mol. The van der Waals surface area contributed by atoms with E-state index in [2.05, 4.69) is 100 Å². The Labute approximate surface area is 358 Å². The highest BCUT2D eigenvalue weighted by molar-refractivity contribution is 5.63. The van der Waals surface area contributed by atoms with Gasteiger partial charge in [-0.05, 0) is 107 Å². The fourth-order valence-corrected chi connectivity index (χ4v) is 9.42. The van der Waals surface area contributed by atoms with Crippen molar-refractivity contribution < 1.29 is 20.4 Å². The summed E-state index contributed by atoms with van der Waals surface area (Å²) >= 11 is 0. The third kappa shape index (κ3) is 9.29. The van der Waals surface area contributed by atoms with Crippen molar-refractivity contribution in [2.45, 2.75) is 129 Å². The standard InChI is InChI=1S/C56H64O4/c1-5-9-19-37-27-43-35-44-28-38(20-10-6-2)33-49(54(44)58)52(42-25-17-14-18-26-42)50-34-40(22-12-8-4)30-46(56(50)60)36-45-29-39(21-11-7-3)32-48(55(45)59)51(47(31-37)53(43)57)41-23-15-13-16-24-41/h13-18,23-34,51-52,57-60H,5-12,19-22,35-36H2,1-4H3. The number of hydrogen-bond donors (Lipinski definition) is 4. The molecule has 0 unspecified atom stereocenters. The molecule has 0 atom stereocenters. The second-order valence-corrected chi connectivity index (χ2v) is 17.2. The lowest BCUT2D eigenvalue weighted by Crippen LogP contribution is -2.11. The minimum Gasteiger partial charge on any atom is -0.507 e. The number of fused-ring (bicyclic) bond motifs is 8.